The summed E-state index contributed by atoms with van der Waals surface area (Å²) >= 11 is 0. The van der Waals surface area contributed by atoms with Crippen LogP contribution in [0.25, 0.3) is 0 Å². The number of carbonyl (C=O) groups is 1. The highest BCUT2D eigenvalue weighted by molar-refractivity contribution is 7.80. The van der Waals surface area contributed by atoms with Crippen LogP contribution in [0.1, 0.15) is 174 Å². The number of aliphatic hydroxyl groups excluding tert-OH is 4. The van der Waals surface area contributed by atoms with Crippen LogP contribution in [0.2, 0.25) is 0 Å². The van der Waals surface area contributed by atoms with Crippen LogP contribution in [0.4, 0.5) is 0 Å². The first-order valence-electron chi connectivity index (χ1n) is 20.6. The molecule has 0 saturated carbocycles. The summed E-state index contributed by atoms with van der Waals surface area (Å²) < 4.78 is 47.4. The molecule has 0 aromatic heterocycles. The van der Waals surface area contributed by atoms with Crippen LogP contribution >= 0.6 is 0 Å². The smallest absolute Gasteiger partial charge is 0.394 e. The van der Waals surface area contributed by atoms with Crippen molar-refractivity contribution in [3.63, 3.8) is 0 Å². The van der Waals surface area contributed by atoms with E-state index in [1.54, 1.807) is 0 Å². The minimum atomic E-state index is -5.07. The molecule has 6 N–H and O–H groups in total. The number of amides is 1. The van der Waals surface area contributed by atoms with E-state index in [2.05, 4.69) is 35.5 Å². The lowest BCUT2D eigenvalue weighted by molar-refractivity contribution is -0.298. The maximum atomic E-state index is 12.9. The first kappa shape index (κ1) is 48.9. The Morgan fingerprint density at radius 3 is 1.77 bits per heavy atom. The average molecular weight is 766 g/mol. The van der Waals surface area contributed by atoms with Crippen molar-refractivity contribution in [1.29, 1.82) is 0 Å². The number of carbonyl (C=O) groups excluding carboxylic acids is 1. The van der Waals surface area contributed by atoms with E-state index < -0.39 is 59.9 Å². The van der Waals surface area contributed by atoms with E-state index in [-0.39, 0.29) is 18.9 Å². The van der Waals surface area contributed by atoms with Gasteiger partial charge in [0.1, 0.15) is 24.4 Å². The van der Waals surface area contributed by atoms with Crippen LogP contribution in [0.15, 0.2) is 12.2 Å². The molecule has 0 aromatic carbocycles. The third-order valence-corrected chi connectivity index (χ3v) is 10.3. The van der Waals surface area contributed by atoms with Crippen molar-refractivity contribution in [1.82, 2.24) is 5.32 Å². The van der Waals surface area contributed by atoms with E-state index in [1.807, 2.05) is 0 Å². The van der Waals surface area contributed by atoms with Crippen LogP contribution in [-0.4, -0.2) is 95.4 Å². The molecule has 0 spiro atoms. The SMILES string of the molecule is CCCCC/C=C\CCCCCCCC(=O)NC(COC1OC(CO)C(O)C(OS(=O)(=O)O)C1O)C(O)CCCCCCCCCCCCCCC. The van der Waals surface area contributed by atoms with Crippen LogP contribution in [0, 0.1) is 0 Å². The summed E-state index contributed by atoms with van der Waals surface area (Å²) in [6, 6.07) is -0.856. The van der Waals surface area contributed by atoms with Crippen molar-refractivity contribution in [3.05, 3.63) is 12.2 Å². The minimum absolute atomic E-state index is 0.241. The maximum absolute atomic E-state index is 12.9. The maximum Gasteiger partial charge on any atom is 0.397 e. The topological polar surface area (TPSA) is 192 Å². The number of aliphatic hydroxyl groups is 4. The van der Waals surface area contributed by atoms with Gasteiger partial charge >= 0.3 is 10.4 Å². The van der Waals surface area contributed by atoms with E-state index in [1.165, 1.54) is 77.0 Å². The number of ether oxygens (including phenoxy) is 2. The minimum Gasteiger partial charge on any atom is -0.394 e. The highest BCUT2D eigenvalue weighted by Gasteiger charge is 2.48. The highest BCUT2D eigenvalue weighted by Crippen LogP contribution is 2.26. The van der Waals surface area contributed by atoms with Gasteiger partial charge in [0.25, 0.3) is 0 Å². The quantitative estimate of drug-likeness (QED) is 0.0229. The third kappa shape index (κ3) is 24.3. The Balaban J connectivity index is 2.58. The molecule has 1 heterocycles. The molecule has 308 valence electrons. The summed E-state index contributed by atoms with van der Waals surface area (Å²) in [7, 11) is -5.07. The van der Waals surface area contributed by atoms with Crippen molar-refractivity contribution in [2.75, 3.05) is 13.2 Å². The van der Waals surface area contributed by atoms with Gasteiger partial charge < -0.3 is 35.2 Å². The van der Waals surface area contributed by atoms with E-state index in [0.29, 0.717) is 12.8 Å². The summed E-state index contributed by atoms with van der Waals surface area (Å²) in [6.45, 7) is 3.39. The van der Waals surface area contributed by atoms with Crippen LogP contribution in [0.5, 0.6) is 0 Å². The molecule has 1 rings (SSSR count). The van der Waals surface area contributed by atoms with Crippen molar-refractivity contribution >= 4 is 16.3 Å². The normalized spacial score (nSPS) is 22.2. The largest absolute Gasteiger partial charge is 0.397 e. The number of allylic oxidation sites excluding steroid dienone is 2. The second-order valence-corrected chi connectivity index (χ2v) is 15.6. The second-order valence-electron chi connectivity index (χ2n) is 14.6. The lowest BCUT2D eigenvalue weighted by Gasteiger charge is -2.41. The van der Waals surface area contributed by atoms with Gasteiger partial charge in [-0.2, -0.15) is 8.42 Å². The van der Waals surface area contributed by atoms with E-state index >= 15 is 0 Å². The van der Waals surface area contributed by atoms with Crippen LogP contribution in [0.3, 0.4) is 0 Å². The fourth-order valence-corrected chi connectivity index (χ4v) is 7.08. The molecule has 1 fully saturated rings. The number of unbranched alkanes of at least 4 members (excludes halogenated alkanes) is 20. The fourth-order valence-electron chi connectivity index (χ4n) is 6.57. The molecule has 13 heteroatoms. The number of hydrogen-bond donors (Lipinski definition) is 6. The Morgan fingerprint density at radius 2 is 1.23 bits per heavy atom. The first-order chi connectivity index (χ1) is 25.0. The molecule has 1 amide bonds. The molecule has 7 atom stereocenters. The highest BCUT2D eigenvalue weighted by atomic mass is 32.3. The van der Waals surface area contributed by atoms with Gasteiger partial charge in [-0.05, 0) is 38.5 Å². The lowest BCUT2D eigenvalue weighted by atomic mass is 9.99. The zero-order chi connectivity index (χ0) is 38.5. The number of nitrogens with one attached hydrogen (secondary N) is 1. The molecule has 0 radical (unpaired) electrons. The summed E-state index contributed by atoms with van der Waals surface area (Å²) in [6.07, 6.45) is 22.2. The Labute approximate surface area is 315 Å². The number of hydrogen-bond acceptors (Lipinski definition) is 10. The zero-order valence-electron chi connectivity index (χ0n) is 32.4. The standard InChI is InChI=1S/C39H75NO11S/c1-3-5-7-9-11-13-15-17-18-20-22-24-26-28-33(42)32(40-35(43)29-27-25-23-21-19-16-14-12-10-8-6-4-2)31-49-39-37(45)38(51-52(46,47)48)36(44)34(30-41)50-39/h12,14,32-34,36-39,41-42,44-45H,3-11,13,15-31H2,1-2H3,(H,40,43)(H,46,47,48)/b14-12-. The van der Waals surface area contributed by atoms with Gasteiger partial charge in [0.15, 0.2) is 6.29 Å². The molecule has 1 aliphatic rings. The summed E-state index contributed by atoms with van der Waals surface area (Å²) in [5.74, 6) is -0.241. The Morgan fingerprint density at radius 1 is 0.750 bits per heavy atom. The molecule has 7 unspecified atom stereocenters. The summed E-state index contributed by atoms with van der Waals surface area (Å²) in [5, 5.41) is 44.6. The third-order valence-electron chi connectivity index (χ3n) is 9.82. The number of rotatable bonds is 34. The molecule has 52 heavy (non-hydrogen) atoms. The molecular formula is C39H75NO11S. The summed E-state index contributed by atoms with van der Waals surface area (Å²) in [4.78, 5) is 12.9. The fraction of sp³-hybridized carbons (Fsp3) is 0.923. The predicted octanol–water partition coefficient (Wildman–Crippen LogP) is 6.82. The van der Waals surface area contributed by atoms with Crippen molar-refractivity contribution in [2.24, 2.45) is 0 Å². The Hall–Kier alpha value is -1.16. The van der Waals surface area contributed by atoms with E-state index in [4.69, 9.17) is 14.0 Å². The van der Waals surface area contributed by atoms with Gasteiger partial charge in [0, 0.05) is 6.42 Å². The molecule has 1 saturated heterocycles. The molecule has 0 bridgehead atoms. The van der Waals surface area contributed by atoms with Gasteiger partial charge in [-0.3, -0.25) is 9.35 Å². The van der Waals surface area contributed by atoms with E-state index in [0.717, 1.165) is 64.2 Å². The summed E-state index contributed by atoms with van der Waals surface area (Å²) in [5.41, 5.74) is 0. The van der Waals surface area contributed by atoms with E-state index in [9.17, 15) is 33.6 Å². The first-order valence-corrected chi connectivity index (χ1v) is 21.9. The zero-order valence-corrected chi connectivity index (χ0v) is 33.2. The van der Waals surface area contributed by atoms with Gasteiger partial charge in [0.05, 0.1) is 25.4 Å². The molecule has 12 nitrogen and oxygen atoms in total. The Kier molecular flexibility index (Phi) is 29.2. The van der Waals surface area contributed by atoms with Crippen LogP contribution < -0.4 is 5.32 Å². The van der Waals surface area contributed by atoms with Gasteiger partial charge in [-0.25, -0.2) is 4.18 Å². The predicted molar refractivity (Wildman–Crippen MR) is 204 cm³/mol. The van der Waals surface area contributed by atoms with Crippen LogP contribution in [-0.2, 0) is 28.9 Å². The van der Waals surface area contributed by atoms with Gasteiger partial charge in [0.2, 0.25) is 5.91 Å². The monoisotopic (exact) mass is 766 g/mol. The molecule has 0 aliphatic carbocycles. The second kappa shape index (κ2) is 31.1. The van der Waals surface area contributed by atoms with Crippen molar-refractivity contribution < 1.29 is 51.8 Å². The Bertz CT molecular complexity index is 999. The average Bonchev–Trinajstić information content (AvgIpc) is 3.11. The molecule has 1 aliphatic heterocycles. The molecular weight excluding hydrogens is 690 g/mol. The van der Waals surface area contributed by atoms with Crippen molar-refractivity contribution in [2.45, 2.75) is 217 Å². The molecule has 0 aromatic rings. The van der Waals surface area contributed by atoms with Gasteiger partial charge in [-0.1, -0.05) is 142 Å². The van der Waals surface area contributed by atoms with Crippen molar-refractivity contribution in [3.8, 4) is 0 Å². The lowest BCUT2D eigenvalue weighted by Crippen LogP contribution is -2.61. The van der Waals surface area contributed by atoms with Gasteiger partial charge in [-0.15, -0.1) is 0 Å².